The van der Waals surface area contributed by atoms with Crippen LogP contribution in [0.5, 0.6) is 0 Å². The Balaban J connectivity index is 1.48. The van der Waals surface area contributed by atoms with Crippen LogP contribution in [-0.2, 0) is 26.5 Å². The van der Waals surface area contributed by atoms with Crippen molar-refractivity contribution in [2.45, 2.75) is 51.2 Å². The molecule has 0 radical (unpaired) electrons. The molecule has 1 N–H and O–H groups in total. The van der Waals surface area contributed by atoms with Gasteiger partial charge in [-0.25, -0.2) is 17.5 Å². The predicted octanol–water partition coefficient (Wildman–Crippen LogP) is 4.57. The third-order valence-electron chi connectivity index (χ3n) is 5.89. The molecule has 2 atom stereocenters. The summed E-state index contributed by atoms with van der Waals surface area (Å²) in [5, 5.41) is 8.24. The topological polar surface area (TPSA) is 90.3 Å². The number of rotatable bonds is 9. The second kappa shape index (κ2) is 10.2. The summed E-state index contributed by atoms with van der Waals surface area (Å²) in [4.78, 5) is 12.9. The minimum atomic E-state index is -3.10. The number of halogens is 2. The van der Waals surface area contributed by atoms with Crippen LogP contribution in [0.4, 0.5) is 4.39 Å². The maximum atomic E-state index is 14.6. The number of nitrogens with zero attached hydrogens (tertiary/aromatic N) is 2. The molecule has 7 nitrogen and oxygen atoms in total. The Morgan fingerprint density at radius 1 is 1.24 bits per heavy atom. The highest BCUT2D eigenvalue weighted by Gasteiger charge is 2.28. The lowest BCUT2D eigenvalue weighted by Gasteiger charge is -2.16. The van der Waals surface area contributed by atoms with Crippen LogP contribution < -0.4 is 5.32 Å². The third-order valence-corrected chi connectivity index (χ3v) is 6.62. The van der Waals surface area contributed by atoms with E-state index in [1.807, 2.05) is 24.3 Å². The lowest BCUT2D eigenvalue weighted by molar-refractivity contribution is -0.122. The van der Waals surface area contributed by atoms with Gasteiger partial charge in [0.2, 0.25) is 5.91 Å². The van der Waals surface area contributed by atoms with Gasteiger partial charge in [-0.3, -0.25) is 8.98 Å². The van der Waals surface area contributed by atoms with E-state index in [1.54, 1.807) is 23.7 Å². The van der Waals surface area contributed by atoms with Crippen LogP contribution in [0.2, 0.25) is 5.02 Å². The first-order chi connectivity index (χ1) is 16.2. The highest BCUT2D eigenvalue weighted by atomic mass is 35.5. The average molecular weight is 506 g/mol. The Labute approximate surface area is 204 Å². The van der Waals surface area contributed by atoms with Gasteiger partial charge in [-0.1, -0.05) is 29.8 Å². The molecule has 0 saturated heterocycles. The quantitative estimate of drug-likeness (QED) is 0.416. The third kappa shape index (κ3) is 5.65. The van der Waals surface area contributed by atoms with Gasteiger partial charge in [0.1, 0.15) is 11.9 Å². The van der Waals surface area contributed by atoms with E-state index >= 15 is 0 Å². The van der Waals surface area contributed by atoms with Crippen molar-refractivity contribution < 1.29 is 21.8 Å². The maximum Gasteiger partial charge on any atom is 0.257 e. The molecule has 34 heavy (non-hydrogen) atoms. The van der Waals surface area contributed by atoms with E-state index in [4.69, 9.17) is 16.7 Å². The van der Waals surface area contributed by atoms with E-state index in [0.29, 0.717) is 16.5 Å². The number of benzene rings is 2. The Kier molecular flexibility index (Phi) is 7.35. The van der Waals surface area contributed by atoms with Crippen LogP contribution >= 0.6 is 11.6 Å². The Hall–Kier alpha value is -2.75. The van der Waals surface area contributed by atoms with E-state index < -0.39 is 28.8 Å². The fourth-order valence-electron chi connectivity index (χ4n) is 3.79. The molecule has 1 fully saturated rings. The van der Waals surface area contributed by atoms with Crippen LogP contribution in [0.15, 0.2) is 48.5 Å². The van der Waals surface area contributed by atoms with E-state index in [2.05, 4.69) is 9.50 Å². The number of amides is 1. The number of carbonyl (C=O) groups excluding carboxylic acids is 1. The summed E-state index contributed by atoms with van der Waals surface area (Å²) in [5.74, 6) is -1.08. The van der Waals surface area contributed by atoms with Gasteiger partial charge in [0.25, 0.3) is 11.0 Å². The molecule has 1 aliphatic rings. The van der Waals surface area contributed by atoms with Gasteiger partial charge in [0.05, 0.1) is 29.5 Å². The summed E-state index contributed by atoms with van der Waals surface area (Å²) in [6.45, 7) is 3.37. The van der Waals surface area contributed by atoms with Crippen molar-refractivity contribution in [2.75, 3.05) is 0 Å². The number of hydrogen-bond donors (Lipinski definition) is 2. The van der Waals surface area contributed by atoms with Gasteiger partial charge in [-0.2, -0.15) is 5.10 Å². The Morgan fingerprint density at radius 3 is 2.65 bits per heavy atom. The monoisotopic (exact) mass is 505 g/mol. The van der Waals surface area contributed by atoms with Crippen molar-refractivity contribution in [2.24, 2.45) is 0 Å². The molecular weight excluding hydrogens is 481 g/mol. The molecule has 1 aliphatic carbocycles. The number of hydrogen-bond acceptors (Lipinski definition) is 5. The fourth-order valence-corrected chi connectivity index (χ4v) is 4.34. The van der Waals surface area contributed by atoms with Gasteiger partial charge in [-0.15, -0.1) is 0 Å². The van der Waals surface area contributed by atoms with E-state index in [1.165, 1.54) is 19.1 Å². The normalized spacial score (nSPS) is 15.3. The first kappa shape index (κ1) is 24.4. The minimum absolute atomic E-state index is 0.105. The minimum Gasteiger partial charge on any atom is -0.350 e. The second-order valence-corrected chi connectivity index (χ2v) is 9.51. The Bertz CT molecular complexity index is 1280. The molecule has 1 amide bonds. The molecule has 180 valence electrons. The summed E-state index contributed by atoms with van der Waals surface area (Å²) < 4.78 is 42.5. The van der Waals surface area contributed by atoms with Gasteiger partial charge in [0.15, 0.2) is 0 Å². The highest BCUT2D eigenvalue weighted by molar-refractivity contribution is 7.67. The zero-order valence-corrected chi connectivity index (χ0v) is 20.4. The zero-order valence-electron chi connectivity index (χ0n) is 18.7. The van der Waals surface area contributed by atoms with E-state index in [0.717, 1.165) is 29.9 Å². The van der Waals surface area contributed by atoms with Gasteiger partial charge >= 0.3 is 0 Å². The highest BCUT2D eigenvalue weighted by Crippen LogP contribution is 2.39. The SMILES string of the molecule is CC(O[SH](=O)=O)c1ccc(C(C)C(=O)NCc2cc(C3CC3)nn2-c2cccc(Cl)c2)cc1F. The number of thiol groups is 1. The van der Waals surface area contributed by atoms with Crippen LogP contribution in [-0.4, -0.2) is 24.1 Å². The largest absolute Gasteiger partial charge is 0.350 e. The first-order valence-corrected chi connectivity index (χ1v) is 12.4. The summed E-state index contributed by atoms with van der Waals surface area (Å²) in [6.07, 6.45) is 1.25. The first-order valence-electron chi connectivity index (χ1n) is 11.0. The van der Waals surface area contributed by atoms with E-state index in [9.17, 15) is 17.6 Å². The zero-order chi connectivity index (χ0) is 24.4. The molecule has 0 aliphatic heterocycles. The van der Waals surface area contributed by atoms with Gasteiger partial charge < -0.3 is 5.32 Å². The van der Waals surface area contributed by atoms with Gasteiger partial charge in [-0.05, 0) is 62.6 Å². The Morgan fingerprint density at radius 2 is 2.00 bits per heavy atom. The lowest BCUT2D eigenvalue weighted by atomic mass is 9.97. The van der Waals surface area contributed by atoms with Crippen molar-refractivity contribution in [3.05, 3.63) is 81.9 Å². The van der Waals surface area contributed by atoms with E-state index in [-0.39, 0.29) is 18.0 Å². The van der Waals surface area contributed by atoms with Crippen molar-refractivity contribution in [1.82, 2.24) is 15.1 Å². The summed E-state index contributed by atoms with van der Waals surface area (Å²) >= 11 is 6.15. The molecule has 2 unspecified atom stereocenters. The average Bonchev–Trinajstić information content (AvgIpc) is 3.55. The predicted molar refractivity (Wildman–Crippen MR) is 127 cm³/mol. The maximum absolute atomic E-state index is 14.6. The fraction of sp³-hybridized carbons (Fsp3) is 0.333. The smallest absolute Gasteiger partial charge is 0.257 e. The van der Waals surface area contributed by atoms with Crippen molar-refractivity contribution in [3.63, 3.8) is 0 Å². The van der Waals surface area contributed by atoms with Gasteiger partial charge in [0, 0.05) is 16.5 Å². The summed E-state index contributed by atoms with van der Waals surface area (Å²) in [6, 6.07) is 13.6. The molecule has 0 spiro atoms. The molecular formula is C24H25ClFN3O4S. The number of carbonyl (C=O) groups is 1. The summed E-state index contributed by atoms with van der Waals surface area (Å²) in [5.41, 5.74) is 3.20. The molecule has 3 aromatic rings. The van der Waals surface area contributed by atoms with Crippen LogP contribution in [0.3, 0.4) is 0 Å². The van der Waals surface area contributed by atoms with Crippen molar-refractivity contribution in [1.29, 1.82) is 0 Å². The molecule has 1 heterocycles. The standard InChI is InChI=1S/C24H25ClFN3O4S/c1-14(17-8-9-21(22(26)10-17)15(2)33-34(31)32)24(30)27-13-20-12-23(16-6-7-16)28-29(20)19-5-3-4-18(25)11-19/h3-5,8-12,14-16,34H,6-7,13H2,1-2H3,(H,27,30). The van der Waals surface area contributed by atoms with Crippen molar-refractivity contribution in [3.8, 4) is 5.69 Å². The van der Waals surface area contributed by atoms with Crippen molar-refractivity contribution >= 4 is 28.5 Å². The molecule has 0 bridgehead atoms. The molecule has 2 aromatic carbocycles. The number of nitrogens with one attached hydrogen (secondary N) is 1. The second-order valence-electron chi connectivity index (χ2n) is 8.42. The van der Waals surface area contributed by atoms with Crippen LogP contribution in [0.25, 0.3) is 5.69 Å². The summed E-state index contributed by atoms with van der Waals surface area (Å²) in [7, 11) is -3.10. The molecule has 1 aromatic heterocycles. The molecule has 1 saturated carbocycles. The van der Waals surface area contributed by atoms with Crippen LogP contribution in [0.1, 0.15) is 67.1 Å². The number of aromatic nitrogens is 2. The van der Waals surface area contributed by atoms with Crippen LogP contribution in [0, 0.1) is 5.82 Å². The molecule has 10 heteroatoms. The molecule has 4 rings (SSSR count). The lowest BCUT2D eigenvalue weighted by Crippen LogP contribution is -2.28.